The number of amides is 1. The molecule has 0 spiro atoms. The predicted molar refractivity (Wildman–Crippen MR) is 138 cm³/mol. The third-order valence-corrected chi connectivity index (χ3v) is 7.02. The van der Waals surface area contributed by atoms with Gasteiger partial charge in [-0.05, 0) is 75.6 Å². The van der Waals surface area contributed by atoms with Crippen molar-refractivity contribution in [3.8, 4) is 11.6 Å². The van der Waals surface area contributed by atoms with Crippen LogP contribution >= 0.6 is 11.9 Å². The zero-order valence-electron chi connectivity index (χ0n) is 21.4. The number of hydrogen-bond acceptors (Lipinski definition) is 6. The molecule has 1 aliphatic heterocycles. The Labute approximate surface area is 216 Å². The smallest absolute Gasteiger partial charge is 0.264 e. The molecule has 2 heterocycles. The summed E-state index contributed by atoms with van der Waals surface area (Å²) in [5.74, 6) is 0.0912. The van der Waals surface area contributed by atoms with Crippen LogP contribution in [0, 0.1) is 12.7 Å². The van der Waals surface area contributed by atoms with Crippen molar-refractivity contribution in [3.05, 3.63) is 52.5 Å². The van der Waals surface area contributed by atoms with Gasteiger partial charge in [-0.1, -0.05) is 11.9 Å². The number of halogens is 2. The SMILES string of the molecule is CSNC(=O)c1cc(C2CC2)c(OCC2(F)CCN(Cc3cnc(OC(C)C)c(C)c3)CC2)cc1F. The first-order valence-corrected chi connectivity index (χ1v) is 13.7. The summed E-state index contributed by atoms with van der Waals surface area (Å²) < 4.78 is 44.4. The molecule has 4 rings (SSSR count). The number of ether oxygens (including phenoxy) is 2. The van der Waals surface area contributed by atoms with E-state index in [-0.39, 0.29) is 24.2 Å². The molecule has 1 amide bonds. The quantitative estimate of drug-likeness (QED) is 0.413. The van der Waals surface area contributed by atoms with Crippen LogP contribution in [-0.2, 0) is 6.54 Å². The maximum absolute atomic E-state index is 15.6. The summed E-state index contributed by atoms with van der Waals surface area (Å²) in [5.41, 5.74) is 1.36. The third kappa shape index (κ3) is 6.68. The molecular weight excluding hydrogens is 484 g/mol. The van der Waals surface area contributed by atoms with E-state index in [1.54, 1.807) is 12.3 Å². The molecule has 2 aliphatic rings. The topological polar surface area (TPSA) is 63.7 Å². The fraction of sp³-hybridized carbons (Fsp3) is 0.556. The number of alkyl halides is 1. The molecule has 0 radical (unpaired) electrons. The average molecular weight is 520 g/mol. The number of likely N-dealkylation sites (tertiary alicyclic amines) is 1. The van der Waals surface area contributed by atoms with Crippen molar-refractivity contribution in [2.45, 2.75) is 70.7 Å². The Kier molecular flexibility index (Phi) is 8.40. The van der Waals surface area contributed by atoms with Crippen LogP contribution < -0.4 is 14.2 Å². The van der Waals surface area contributed by atoms with Gasteiger partial charge in [-0.3, -0.25) is 14.4 Å². The molecule has 1 saturated heterocycles. The van der Waals surface area contributed by atoms with Gasteiger partial charge in [0.25, 0.3) is 5.91 Å². The van der Waals surface area contributed by atoms with E-state index in [0.717, 1.165) is 41.5 Å². The molecule has 36 heavy (non-hydrogen) atoms. The van der Waals surface area contributed by atoms with Crippen LogP contribution in [0.15, 0.2) is 24.4 Å². The second-order valence-electron chi connectivity index (χ2n) is 10.1. The van der Waals surface area contributed by atoms with Crippen molar-refractivity contribution in [2.24, 2.45) is 0 Å². The van der Waals surface area contributed by atoms with Crippen molar-refractivity contribution in [1.29, 1.82) is 0 Å². The summed E-state index contributed by atoms with van der Waals surface area (Å²) in [7, 11) is 0. The number of piperidine rings is 1. The highest BCUT2D eigenvalue weighted by atomic mass is 32.2. The number of nitrogens with zero attached hydrogens (tertiary/aromatic N) is 2. The van der Waals surface area contributed by atoms with Gasteiger partial charge in [-0.2, -0.15) is 0 Å². The van der Waals surface area contributed by atoms with E-state index in [1.807, 2.05) is 27.0 Å². The summed E-state index contributed by atoms with van der Waals surface area (Å²) in [6, 6.07) is 4.88. The molecule has 0 unspecified atom stereocenters. The van der Waals surface area contributed by atoms with Gasteiger partial charge in [0.15, 0.2) is 0 Å². The van der Waals surface area contributed by atoms with Crippen LogP contribution in [0.25, 0.3) is 0 Å². The van der Waals surface area contributed by atoms with Crippen molar-refractivity contribution in [3.63, 3.8) is 0 Å². The van der Waals surface area contributed by atoms with Gasteiger partial charge in [0.2, 0.25) is 5.88 Å². The maximum Gasteiger partial charge on any atom is 0.264 e. The number of nitrogens with one attached hydrogen (secondary N) is 1. The van der Waals surface area contributed by atoms with Gasteiger partial charge in [0.05, 0.1) is 11.7 Å². The molecule has 1 aliphatic carbocycles. The van der Waals surface area contributed by atoms with Crippen LogP contribution in [0.3, 0.4) is 0 Å². The van der Waals surface area contributed by atoms with Crippen molar-refractivity contribution < 1.29 is 23.0 Å². The predicted octanol–water partition coefficient (Wildman–Crippen LogP) is 5.58. The number of pyridine rings is 1. The van der Waals surface area contributed by atoms with Gasteiger partial charge in [0.1, 0.15) is 23.8 Å². The van der Waals surface area contributed by atoms with E-state index in [2.05, 4.69) is 20.7 Å². The largest absolute Gasteiger partial charge is 0.490 e. The van der Waals surface area contributed by atoms with E-state index >= 15 is 4.39 Å². The van der Waals surface area contributed by atoms with Crippen molar-refractivity contribution in [1.82, 2.24) is 14.6 Å². The molecule has 1 saturated carbocycles. The van der Waals surface area contributed by atoms with Crippen LogP contribution in [-0.4, -0.2) is 53.5 Å². The zero-order valence-corrected chi connectivity index (χ0v) is 22.2. The van der Waals surface area contributed by atoms with Crippen molar-refractivity contribution >= 4 is 17.9 Å². The Balaban J connectivity index is 1.34. The van der Waals surface area contributed by atoms with Crippen LogP contribution in [0.4, 0.5) is 8.78 Å². The number of rotatable bonds is 10. The monoisotopic (exact) mass is 519 g/mol. The highest BCUT2D eigenvalue weighted by molar-refractivity contribution is 7.97. The second-order valence-corrected chi connectivity index (χ2v) is 10.7. The van der Waals surface area contributed by atoms with E-state index < -0.39 is 17.4 Å². The van der Waals surface area contributed by atoms with Gasteiger partial charge < -0.3 is 9.47 Å². The molecule has 196 valence electrons. The highest BCUT2D eigenvalue weighted by Gasteiger charge is 2.37. The van der Waals surface area contributed by atoms with Crippen LogP contribution in [0.5, 0.6) is 11.6 Å². The second kappa shape index (κ2) is 11.3. The third-order valence-electron chi connectivity index (χ3n) is 6.63. The van der Waals surface area contributed by atoms with E-state index in [0.29, 0.717) is 44.1 Å². The minimum absolute atomic E-state index is 0.00426. The maximum atomic E-state index is 15.6. The number of aromatic nitrogens is 1. The molecular formula is C27H35F2N3O3S. The minimum Gasteiger partial charge on any atom is -0.490 e. The minimum atomic E-state index is -1.48. The van der Waals surface area contributed by atoms with Crippen LogP contribution in [0.1, 0.15) is 72.5 Å². The normalized spacial score (nSPS) is 17.8. The number of carbonyl (C=O) groups excluding carboxylic acids is 1. The molecule has 2 aromatic rings. The van der Waals surface area contributed by atoms with E-state index in [4.69, 9.17) is 9.47 Å². The Morgan fingerprint density at radius 1 is 1.28 bits per heavy atom. The summed E-state index contributed by atoms with van der Waals surface area (Å²) in [6.45, 7) is 7.69. The molecule has 9 heteroatoms. The van der Waals surface area contributed by atoms with Crippen molar-refractivity contribution in [2.75, 3.05) is 26.0 Å². The van der Waals surface area contributed by atoms with Gasteiger partial charge in [-0.25, -0.2) is 13.8 Å². The fourth-order valence-corrected chi connectivity index (χ4v) is 4.80. The van der Waals surface area contributed by atoms with Crippen LogP contribution in [0.2, 0.25) is 0 Å². The fourth-order valence-electron chi connectivity index (χ4n) is 4.51. The Hall–Kier alpha value is -2.39. The molecule has 0 atom stereocenters. The first-order chi connectivity index (χ1) is 17.2. The first kappa shape index (κ1) is 26.7. The standard InChI is InChI=1S/C27H35F2N3O3S/c1-17(2)35-26-18(3)11-19(14-30-26)15-32-9-7-27(29,8-10-32)16-34-24-13-23(28)22(25(33)31-36-4)12-21(24)20-5-6-20/h11-14,17,20H,5-10,15-16H2,1-4H3,(H,31,33). The van der Waals surface area contributed by atoms with Gasteiger partial charge in [0, 0.05) is 43.7 Å². The molecule has 0 bridgehead atoms. The lowest BCUT2D eigenvalue weighted by molar-refractivity contribution is 0.0148. The Bertz CT molecular complexity index is 1090. The van der Waals surface area contributed by atoms with Gasteiger partial charge in [-0.15, -0.1) is 0 Å². The molecule has 6 nitrogen and oxygen atoms in total. The lowest BCUT2D eigenvalue weighted by atomic mass is 9.94. The highest BCUT2D eigenvalue weighted by Crippen LogP contribution is 2.45. The summed E-state index contributed by atoms with van der Waals surface area (Å²) in [6.07, 6.45) is 6.19. The number of benzene rings is 1. The summed E-state index contributed by atoms with van der Waals surface area (Å²) in [5, 5.41) is 0. The first-order valence-electron chi connectivity index (χ1n) is 12.5. The zero-order chi connectivity index (χ0) is 25.9. The average Bonchev–Trinajstić information content (AvgIpc) is 3.66. The lowest BCUT2D eigenvalue weighted by Gasteiger charge is -2.36. The van der Waals surface area contributed by atoms with E-state index in [9.17, 15) is 9.18 Å². The number of hydrogen-bond donors (Lipinski definition) is 1. The molecule has 1 N–H and O–H groups in total. The molecule has 1 aromatic carbocycles. The molecule has 2 fully saturated rings. The lowest BCUT2D eigenvalue weighted by Crippen LogP contribution is -2.44. The number of carbonyl (C=O) groups is 1. The summed E-state index contributed by atoms with van der Waals surface area (Å²) in [4.78, 5) is 18.8. The van der Waals surface area contributed by atoms with Gasteiger partial charge >= 0.3 is 0 Å². The summed E-state index contributed by atoms with van der Waals surface area (Å²) >= 11 is 1.12. The number of aryl methyl sites for hydroxylation is 1. The van der Waals surface area contributed by atoms with E-state index in [1.165, 1.54) is 6.07 Å². The Morgan fingerprint density at radius 3 is 2.61 bits per heavy atom. The Morgan fingerprint density at radius 2 is 2.00 bits per heavy atom. The molecule has 1 aromatic heterocycles.